The molecule has 0 aliphatic carbocycles. The summed E-state index contributed by atoms with van der Waals surface area (Å²) in [7, 11) is 1.93. The Morgan fingerprint density at radius 2 is 2.00 bits per heavy atom. The first-order valence-corrected chi connectivity index (χ1v) is 9.32. The van der Waals surface area contributed by atoms with Crippen molar-refractivity contribution < 1.29 is 4.74 Å². The molecule has 0 aliphatic heterocycles. The van der Waals surface area contributed by atoms with Gasteiger partial charge in [0.1, 0.15) is 12.4 Å². The molecule has 0 amide bonds. The van der Waals surface area contributed by atoms with Gasteiger partial charge in [-0.25, -0.2) is 0 Å². The first kappa shape index (κ1) is 16.6. The second-order valence-electron chi connectivity index (χ2n) is 4.67. The predicted molar refractivity (Wildman–Crippen MR) is 95.7 cm³/mol. The van der Waals surface area contributed by atoms with Crippen molar-refractivity contribution in [3.8, 4) is 5.75 Å². The molecule has 3 rings (SSSR count). The van der Waals surface area contributed by atoms with Crippen molar-refractivity contribution in [2.24, 2.45) is 7.05 Å². The van der Waals surface area contributed by atoms with E-state index in [1.807, 2.05) is 41.9 Å². The molecule has 8 heteroatoms. The molecule has 0 radical (unpaired) electrons. The zero-order valence-corrected chi connectivity index (χ0v) is 15.3. The minimum Gasteiger partial charge on any atom is -0.484 e. The molecule has 0 fully saturated rings. The summed E-state index contributed by atoms with van der Waals surface area (Å²) in [4.78, 5) is 1.21. The van der Waals surface area contributed by atoms with E-state index in [2.05, 4.69) is 10.2 Å². The first-order chi connectivity index (χ1) is 11.1. The van der Waals surface area contributed by atoms with Crippen LogP contribution < -0.4 is 4.74 Å². The van der Waals surface area contributed by atoms with Crippen LogP contribution in [-0.4, -0.2) is 14.8 Å². The topological polar surface area (TPSA) is 39.9 Å². The lowest BCUT2D eigenvalue weighted by atomic mass is 10.3. The molecule has 23 heavy (non-hydrogen) atoms. The van der Waals surface area contributed by atoms with Crippen molar-refractivity contribution in [3.05, 3.63) is 56.5 Å². The molecule has 3 aromatic rings. The Morgan fingerprint density at radius 3 is 2.74 bits per heavy atom. The van der Waals surface area contributed by atoms with E-state index in [-0.39, 0.29) is 0 Å². The highest BCUT2D eigenvalue weighted by molar-refractivity contribution is 7.98. The van der Waals surface area contributed by atoms with Crippen LogP contribution in [-0.2, 0) is 19.4 Å². The number of hydrogen-bond donors (Lipinski definition) is 0. The highest BCUT2D eigenvalue weighted by Gasteiger charge is 2.11. The van der Waals surface area contributed by atoms with Crippen LogP contribution in [0.4, 0.5) is 0 Å². The number of halogens is 2. The van der Waals surface area contributed by atoms with E-state index in [4.69, 9.17) is 27.9 Å². The van der Waals surface area contributed by atoms with Gasteiger partial charge in [-0.1, -0.05) is 47.1 Å². The standard InChI is InChI=1S/C15H13Cl2N3OS2/c1-20-14(8-21-12-5-3-2-4-11(12)16)18-19-15(20)22-9-10-6-7-13(17)23-10/h2-7H,8-9H2,1H3. The van der Waals surface area contributed by atoms with Crippen LogP contribution in [0.25, 0.3) is 0 Å². The lowest BCUT2D eigenvalue weighted by Crippen LogP contribution is -2.04. The second kappa shape index (κ2) is 7.57. The van der Waals surface area contributed by atoms with Crippen molar-refractivity contribution in [2.75, 3.05) is 0 Å². The number of para-hydroxylation sites is 1. The largest absolute Gasteiger partial charge is 0.484 e. The third-order valence-corrected chi connectivity index (χ3v) is 5.89. The maximum Gasteiger partial charge on any atom is 0.191 e. The van der Waals surface area contributed by atoms with E-state index < -0.39 is 0 Å². The molecule has 0 N–H and O–H groups in total. The molecule has 1 aromatic carbocycles. The quantitative estimate of drug-likeness (QED) is 0.556. The number of thiophene rings is 1. The number of benzene rings is 1. The predicted octanol–water partition coefficient (Wildman–Crippen LogP) is 5.05. The van der Waals surface area contributed by atoms with E-state index >= 15 is 0 Å². The Hall–Kier alpha value is -1.21. The fourth-order valence-corrected chi connectivity index (χ4v) is 4.12. The van der Waals surface area contributed by atoms with Crippen molar-refractivity contribution in [3.63, 3.8) is 0 Å². The zero-order chi connectivity index (χ0) is 16.2. The molecular formula is C15H13Cl2N3OS2. The van der Waals surface area contributed by atoms with Gasteiger partial charge in [-0.2, -0.15) is 0 Å². The third kappa shape index (κ3) is 4.20. The minimum atomic E-state index is 0.318. The lowest BCUT2D eigenvalue weighted by Gasteiger charge is -2.07. The average Bonchev–Trinajstić information content (AvgIpc) is 3.11. The van der Waals surface area contributed by atoms with Crippen LogP contribution in [0.1, 0.15) is 10.7 Å². The van der Waals surface area contributed by atoms with Gasteiger partial charge in [-0.3, -0.25) is 0 Å². The summed E-state index contributed by atoms with van der Waals surface area (Å²) in [6.45, 7) is 0.318. The van der Waals surface area contributed by atoms with Gasteiger partial charge in [0.2, 0.25) is 0 Å². The van der Waals surface area contributed by atoms with Crippen LogP contribution in [0.5, 0.6) is 5.75 Å². The third-order valence-electron chi connectivity index (χ3n) is 3.09. The molecule has 0 atom stereocenters. The lowest BCUT2D eigenvalue weighted by molar-refractivity contribution is 0.290. The fraction of sp³-hybridized carbons (Fsp3) is 0.200. The molecular weight excluding hydrogens is 373 g/mol. The highest BCUT2D eigenvalue weighted by atomic mass is 35.5. The van der Waals surface area contributed by atoms with Crippen molar-refractivity contribution in [1.82, 2.24) is 14.8 Å². The number of hydrogen-bond acceptors (Lipinski definition) is 5. The molecule has 0 bridgehead atoms. The van der Waals surface area contributed by atoms with Crippen LogP contribution in [0, 0.1) is 0 Å². The van der Waals surface area contributed by atoms with Gasteiger partial charge in [0.25, 0.3) is 0 Å². The van der Waals surface area contributed by atoms with Gasteiger partial charge in [-0.05, 0) is 24.3 Å². The molecule has 0 saturated carbocycles. The van der Waals surface area contributed by atoms with Crippen LogP contribution in [0.15, 0.2) is 41.6 Å². The molecule has 4 nitrogen and oxygen atoms in total. The molecule has 0 spiro atoms. The number of nitrogens with zero attached hydrogens (tertiary/aromatic N) is 3. The van der Waals surface area contributed by atoms with E-state index in [1.54, 1.807) is 29.2 Å². The highest BCUT2D eigenvalue weighted by Crippen LogP contribution is 2.28. The Morgan fingerprint density at radius 1 is 1.17 bits per heavy atom. The van der Waals surface area contributed by atoms with Crippen molar-refractivity contribution in [2.45, 2.75) is 17.5 Å². The zero-order valence-electron chi connectivity index (χ0n) is 12.2. The van der Waals surface area contributed by atoms with E-state index in [1.165, 1.54) is 4.88 Å². The minimum absolute atomic E-state index is 0.318. The summed E-state index contributed by atoms with van der Waals surface area (Å²) in [6.07, 6.45) is 0. The first-order valence-electron chi connectivity index (χ1n) is 6.76. The maximum atomic E-state index is 6.07. The molecule has 0 saturated heterocycles. The Bertz CT molecular complexity index is 804. The number of ether oxygens (including phenoxy) is 1. The molecule has 2 heterocycles. The van der Waals surface area contributed by atoms with Crippen LogP contribution in [0.2, 0.25) is 9.36 Å². The SMILES string of the molecule is Cn1c(COc2ccccc2Cl)nnc1SCc1ccc(Cl)s1. The van der Waals surface area contributed by atoms with Gasteiger partial charge >= 0.3 is 0 Å². The van der Waals surface area contributed by atoms with Crippen molar-refractivity contribution >= 4 is 46.3 Å². The van der Waals surface area contributed by atoms with Crippen LogP contribution in [0.3, 0.4) is 0 Å². The van der Waals surface area contributed by atoms with E-state index in [0.29, 0.717) is 17.4 Å². The summed E-state index contributed by atoms with van der Waals surface area (Å²) >= 11 is 15.2. The van der Waals surface area contributed by atoms with Gasteiger partial charge in [0, 0.05) is 17.7 Å². The number of thioether (sulfide) groups is 1. The Balaban J connectivity index is 1.61. The molecule has 2 aromatic heterocycles. The van der Waals surface area contributed by atoms with Gasteiger partial charge < -0.3 is 9.30 Å². The second-order valence-corrected chi connectivity index (χ2v) is 7.82. The monoisotopic (exact) mass is 385 g/mol. The smallest absolute Gasteiger partial charge is 0.191 e. The van der Waals surface area contributed by atoms with Crippen molar-refractivity contribution in [1.29, 1.82) is 0 Å². The number of rotatable bonds is 6. The molecule has 120 valence electrons. The van der Waals surface area contributed by atoms with E-state index in [0.717, 1.165) is 21.1 Å². The van der Waals surface area contributed by atoms with Crippen LogP contribution >= 0.6 is 46.3 Å². The van der Waals surface area contributed by atoms with E-state index in [9.17, 15) is 0 Å². The Labute approximate surface area is 152 Å². The summed E-state index contributed by atoms with van der Waals surface area (Å²) in [6, 6.07) is 11.3. The van der Waals surface area contributed by atoms with Gasteiger partial charge in [0.05, 0.1) is 9.36 Å². The summed E-state index contributed by atoms with van der Waals surface area (Å²) in [5, 5.41) is 9.81. The number of aromatic nitrogens is 3. The summed E-state index contributed by atoms with van der Waals surface area (Å²) < 4.78 is 8.43. The summed E-state index contributed by atoms with van der Waals surface area (Å²) in [5.41, 5.74) is 0. The maximum absolute atomic E-state index is 6.07. The average molecular weight is 386 g/mol. The Kier molecular flexibility index (Phi) is 5.48. The van der Waals surface area contributed by atoms with Gasteiger partial charge in [0.15, 0.2) is 11.0 Å². The molecule has 0 aliphatic rings. The summed E-state index contributed by atoms with van der Waals surface area (Å²) in [5.74, 6) is 2.20. The van der Waals surface area contributed by atoms with Gasteiger partial charge in [-0.15, -0.1) is 21.5 Å². The normalized spacial score (nSPS) is 10.9. The fourth-order valence-electron chi connectivity index (χ4n) is 1.87. The molecule has 0 unspecified atom stereocenters.